The molecule has 0 heterocycles. The lowest BCUT2D eigenvalue weighted by Crippen LogP contribution is -2.28. The third kappa shape index (κ3) is 5.06. The Labute approximate surface area is 156 Å². The second kappa shape index (κ2) is 8.50. The highest BCUT2D eigenvalue weighted by Gasteiger charge is 2.05. The van der Waals surface area contributed by atoms with Crippen molar-refractivity contribution in [2.45, 2.75) is 6.54 Å². The molecule has 0 spiro atoms. The Balaban J connectivity index is 1.55. The number of halogens is 1. The molecule has 6 heteroatoms. The molecule has 0 saturated carbocycles. The Kier molecular flexibility index (Phi) is 5.65. The summed E-state index contributed by atoms with van der Waals surface area (Å²) in [7, 11) is 0. The number of anilines is 1. The van der Waals surface area contributed by atoms with Crippen LogP contribution in [0.25, 0.3) is 0 Å². The summed E-state index contributed by atoms with van der Waals surface area (Å²) in [6, 6.07) is 21.4. The summed E-state index contributed by atoms with van der Waals surface area (Å²) in [5.41, 5.74) is 1.83. The quantitative estimate of drug-likeness (QED) is 0.685. The number of hydrogen-bond donors (Lipinski definition) is 2. The molecule has 0 aliphatic rings. The molecule has 0 aromatic heterocycles. The van der Waals surface area contributed by atoms with Crippen LogP contribution in [-0.4, -0.2) is 6.03 Å². The van der Waals surface area contributed by atoms with Gasteiger partial charge in [0.25, 0.3) is 0 Å². The van der Waals surface area contributed by atoms with Crippen molar-refractivity contribution < 1.29 is 13.9 Å². The SMILES string of the molecule is N#Cc1ccccc1Oc1ccc(NC(=O)NCc2ccc(F)cc2)cc1. The summed E-state index contributed by atoms with van der Waals surface area (Å²) in [5.74, 6) is 0.704. The number of nitrogens with one attached hydrogen (secondary N) is 2. The van der Waals surface area contributed by atoms with Crippen LogP contribution in [0.2, 0.25) is 0 Å². The van der Waals surface area contributed by atoms with E-state index in [1.165, 1.54) is 12.1 Å². The molecule has 2 amide bonds. The number of urea groups is 1. The first-order chi connectivity index (χ1) is 13.1. The number of rotatable bonds is 5. The van der Waals surface area contributed by atoms with Crippen LogP contribution in [0.3, 0.4) is 0 Å². The third-order valence-corrected chi connectivity index (χ3v) is 3.71. The predicted molar refractivity (Wildman–Crippen MR) is 99.9 cm³/mol. The maximum Gasteiger partial charge on any atom is 0.319 e. The van der Waals surface area contributed by atoms with Gasteiger partial charge in [0, 0.05) is 12.2 Å². The van der Waals surface area contributed by atoms with Gasteiger partial charge < -0.3 is 15.4 Å². The van der Waals surface area contributed by atoms with Crippen molar-refractivity contribution in [3.05, 3.63) is 89.7 Å². The van der Waals surface area contributed by atoms with E-state index < -0.39 is 0 Å². The van der Waals surface area contributed by atoms with E-state index in [0.29, 0.717) is 22.7 Å². The van der Waals surface area contributed by atoms with Crippen molar-refractivity contribution in [2.75, 3.05) is 5.32 Å². The summed E-state index contributed by atoms with van der Waals surface area (Å²) >= 11 is 0. The van der Waals surface area contributed by atoms with Crippen LogP contribution >= 0.6 is 0 Å². The van der Waals surface area contributed by atoms with Gasteiger partial charge in [0.15, 0.2) is 0 Å². The molecule has 0 aliphatic heterocycles. The van der Waals surface area contributed by atoms with Crippen molar-refractivity contribution in [1.82, 2.24) is 5.32 Å². The molecular formula is C21H16FN3O2. The third-order valence-electron chi connectivity index (χ3n) is 3.71. The molecule has 5 nitrogen and oxygen atoms in total. The van der Waals surface area contributed by atoms with Crippen LogP contribution in [-0.2, 0) is 6.54 Å². The monoisotopic (exact) mass is 361 g/mol. The number of nitrogens with zero attached hydrogens (tertiary/aromatic N) is 1. The van der Waals surface area contributed by atoms with Gasteiger partial charge in [-0.15, -0.1) is 0 Å². The number of carbonyl (C=O) groups excluding carboxylic acids is 1. The normalized spacial score (nSPS) is 9.93. The Hall–Kier alpha value is -3.85. The molecule has 3 aromatic carbocycles. The minimum Gasteiger partial charge on any atom is -0.456 e. The van der Waals surface area contributed by atoms with E-state index in [1.54, 1.807) is 60.7 Å². The summed E-state index contributed by atoms with van der Waals surface area (Å²) in [6.45, 7) is 0.290. The van der Waals surface area contributed by atoms with Crippen molar-refractivity contribution in [3.8, 4) is 17.6 Å². The molecule has 3 rings (SSSR count). The number of nitriles is 1. The Bertz CT molecular complexity index is 964. The minimum absolute atomic E-state index is 0.290. The van der Waals surface area contributed by atoms with Gasteiger partial charge in [-0.1, -0.05) is 24.3 Å². The predicted octanol–water partition coefficient (Wildman–Crippen LogP) is 4.81. The molecule has 0 unspecified atom stereocenters. The zero-order valence-corrected chi connectivity index (χ0v) is 14.3. The van der Waals surface area contributed by atoms with Crippen LogP contribution < -0.4 is 15.4 Å². The van der Waals surface area contributed by atoms with Crippen molar-refractivity contribution in [1.29, 1.82) is 5.26 Å². The van der Waals surface area contributed by atoms with E-state index >= 15 is 0 Å². The van der Waals surface area contributed by atoms with E-state index in [9.17, 15) is 9.18 Å². The molecule has 3 aromatic rings. The van der Waals surface area contributed by atoms with E-state index in [4.69, 9.17) is 10.00 Å². The highest BCUT2D eigenvalue weighted by molar-refractivity contribution is 5.89. The molecule has 0 saturated heterocycles. The second-order valence-electron chi connectivity index (χ2n) is 5.67. The maximum absolute atomic E-state index is 12.9. The van der Waals surface area contributed by atoms with Crippen LogP contribution in [0.15, 0.2) is 72.8 Å². The van der Waals surface area contributed by atoms with Gasteiger partial charge in [-0.05, 0) is 54.1 Å². The van der Waals surface area contributed by atoms with Crippen molar-refractivity contribution >= 4 is 11.7 Å². The number of para-hydroxylation sites is 1. The first-order valence-corrected chi connectivity index (χ1v) is 8.20. The minimum atomic E-state index is -0.372. The van der Waals surface area contributed by atoms with E-state index in [0.717, 1.165) is 5.56 Å². The Morgan fingerprint density at radius 2 is 1.70 bits per heavy atom. The molecule has 0 radical (unpaired) electrons. The van der Waals surface area contributed by atoms with Gasteiger partial charge in [0.1, 0.15) is 23.4 Å². The fourth-order valence-electron chi connectivity index (χ4n) is 2.34. The number of hydrogen-bond acceptors (Lipinski definition) is 3. The molecule has 2 N–H and O–H groups in total. The van der Waals surface area contributed by atoms with Gasteiger partial charge in [0.05, 0.1) is 5.56 Å². The van der Waals surface area contributed by atoms with Gasteiger partial charge in [-0.2, -0.15) is 5.26 Å². The number of ether oxygens (including phenoxy) is 1. The molecule has 27 heavy (non-hydrogen) atoms. The van der Waals surface area contributed by atoms with Gasteiger partial charge in [-0.25, -0.2) is 9.18 Å². The first-order valence-electron chi connectivity index (χ1n) is 8.20. The summed E-state index contributed by atoms with van der Waals surface area (Å²) in [5, 5.41) is 14.5. The smallest absolute Gasteiger partial charge is 0.319 e. The second-order valence-corrected chi connectivity index (χ2v) is 5.67. The average Bonchev–Trinajstić information content (AvgIpc) is 2.69. The Morgan fingerprint density at radius 3 is 2.41 bits per heavy atom. The van der Waals surface area contributed by atoms with Crippen LogP contribution in [0.4, 0.5) is 14.9 Å². The van der Waals surface area contributed by atoms with E-state index in [1.807, 2.05) is 0 Å². The number of benzene rings is 3. The van der Waals surface area contributed by atoms with Crippen molar-refractivity contribution in [3.63, 3.8) is 0 Å². The van der Waals surface area contributed by atoms with Gasteiger partial charge >= 0.3 is 6.03 Å². The zero-order valence-electron chi connectivity index (χ0n) is 14.3. The molecule has 0 bridgehead atoms. The fourth-order valence-corrected chi connectivity index (χ4v) is 2.34. The van der Waals surface area contributed by atoms with E-state index in [-0.39, 0.29) is 18.4 Å². The van der Waals surface area contributed by atoms with Crippen molar-refractivity contribution in [2.24, 2.45) is 0 Å². The fraction of sp³-hybridized carbons (Fsp3) is 0.0476. The summed E-state index contributed by atoms with van der Waals surface area (Å²) < 4.78 is 18.6. The lowest BCUT2D eigenvalue weighted by molar-refractivity contribution is 0.251. The highest BCUT2D eigenvalue weighted by atomic mass is 19.1. The van der Waals surface area contributed by atoms with Crippen LogP contribution in [0.1, 0.15) is 11.1 Å². The zero-order chi connectivity index (χ0) is 19.1. The lowest BCUT2D eigenvalue weighted by Gasteiger charge is -2.10. The molecular weight excluding hydrogens is 345 g/mol. The molecule has 0 atom stereocenters. The highest BCUT2D eigenvalue weighted by Crippen LogP contribution is 2.25. The standard InChI is InChI=1S/C21H16FN3O2/c22-17-7-5-15(6-8-17)14-24-21(26)25-18-9-11-19(12-10-18)27-20-4-2-1-3-16(20)13-23/h1-12H,14H2,(H2,24,25,26). The van der Waals surface area contributed by atoms with Crippen LogP contribution in [0, 0.1) is 17.1 Å². The topological polar surface area (TPSA) is 74.1 Å². The van der Waals surface area contributed by atoms with Gasteiger partial charge in [-0.3, -0.25) is 0 Å². The average molecular weight is 361 g/mol. The molecule has 0 fully saturated rings. The summed E-state index contributed by atoms with van der Waals surface area (Å²) in [6.07, 6.45) is 0. The van der Waals surface area contributed by atoms with E-state index in [2.05, 4.69) is 16.7 Å². The lowest BCUT2D eigenvalue weighted by atomic mass is 10.2. The number of carbonyl (C=O) groups is 1. The largest absolute Gasteiger partial charge is 0.456 e. The molecule has 134 valence electrons. The Morgan fingerprint density at radius 1 is 1.00 bits per heavy atom. The summed E-state index contributed by atoms with van der Waals surface area (Å²) in [4.78, 5) is 11.9. The van der Waals surface area contributed by atoms with Gasteiger partial charge in [0.2, 0.25) is 0 Å². The number of amides is 2. The first kappa shape index (κ1) is 18.0. The van der Waals surface area contributed by atoms with Crippen LogP contribution in [0.5, 0.6) is 11.5 Å². The molecule has 0 aliphatic carbocycles. The maximum atomic E-state index is 12.9.